The van der Waals surface area contributed by atoms with Gasteiger partial charge in [0.25, 0.3) is 0 Å². The highest BCUT2D eigenvalue weighted by Crippen LogP contribution is 2.44. The van der Waals surface area contributed by atoms with Crippen LogP contribution in [0.25, 0.3) is 0 Å². The molecule has 2 aromatic rings. The average Bonchev–Trinajstić information content (AvgIpc) is 3.23. The number of fused-ring (bicyclic) bond motifs is 2. The molecule has 1 spiro atoms. The van der Waals surface area contributed by atoms with Crippen molar-refractivity contribution in [3.05, 3.63) is 64.2 Å². The first-order valence-electron chi connectivity index (χ1n) is 13.8. The summed E-state index contributed by atoms with van der Waals surface area (Å²) in [7, 11) is -2.19. The Morgan fingerprint density at radius 1 is 1.10 bits per heavy atom. The lowest BCUT2D eigenvalue weighted by atomic mass is 9.83. The van der Waals surface area contributed by atoms with Gasteiger partial charge in [-0.05, 0) is 72.3 Å². The third kappa shape index (κ3) is 7.16. The second kappa shape index (κ2) is 11.7. The Balaban J connectivity index is 1.52. The van der Waals surface area contributed by atoms with Crippen molar-refractivity contribution in [2.45, 2.75) is 76.6 Å². The number of carbonyl (C=O) groups excluding carboxylic acids is 2. The number of likely N-dealkylation sites (tertiary alicyclic amines) is 1. The van der Waals surface area contributed by atoms with E-state index in [4.69, 9.17) is 20.8 Å². The normalized spacial score (nSPS) is 18.2. The molecule has 1 atom stereocenters. The predicted molar refractivity (Wildman–Crippen MR) is 152 cm³/mol. The summed E-state index contributed by atoms with van der Waals surface area (Å²) >= 11 is 6.48. The number of alkyl halides is 3. The lowest BCUT2D eigenvalue weighted by Gasteiger charge is -2.40. The van der Waals surface area contributed by atoms with Crippen LogP contribution in [0.5, 0.6) is 5.75 Å². The minimum absolute atomic E-state index is 0.0154. The number of benzene rings is 2. The summed E-state index contributed by atoms with van der Waals surface area (Å²) < 4.78 is 55.7. The molecule has 224 valence electrons. The Labute approximate surface area is 245 Å². The standard InChI is InChI=1S/C30H37ClF3NO5Si/c1-28(2,3)41(4,5)40-23-10-11-25(31)21(17-23)16-22(26(36)39-27(37)30(32,33)34)18-35-14-12-29(13-15-35)24-9-7-6-8-20(24)19-38-29/h6-11,17,22H,12-16,18-19H2,1-5H3. The van der Waals surface area contributed by atoms with Crippen LogP contribution >= 0.6 is 11.6 Å². The van der Waals surface area contributed by atoms with Gasteiger partial charge in [0.1, 0.15) is 5.75 Å². The molecule has 11 heteroatoms. The highest BCUT2D eigenvalue weighted by atomic mass is 35.5. The topological polar surface area (TPSA) is 65.1 Å². The van der Waals surface area contributed by atoms with Crippen molar-refractivity contribution in [1.29, 1.82) is 0 Å². The largest absolute Gasteiger partial charge is 0.543 e. The van der Waals surface area contributed by atoms with Crippen LogP contribution in [0.4, 0.5) is 13.2 Å². The van der Waals surface area contributed by atoms with Crippen LogP contribution in [0.3, 0.4) is 0 Å². The van der Waals surface area contributed by atoms with Crippen molar-refractivity contribution in [2.75, 3.05) is 19.6 Å². The Bertz CT molecular complexity index is 1290. The number of ether oxygens (including phenoxy) is 2. The molecule has 0 N–H and O–H groups in total. The minimum Gasteiger partial charge on any atom is -0.543 e. The van der Waals surface area contributed by atoms with Crippen LogP contribution in [0.2, 0.25) is 23.2 Å². The number of halogens is 4. The summed E-state index contributed by atoms with van der Waals surface area (Å²) in [6, 6.07) is 13.2. The van der Waals surface area contributed by atoms with Crippen LogP contribution in [0, 0.1) is 5.92 Å². The van der Waals surface area contributed by atoms with E-state index in [-0.39, 0.29) is 18.0 Å². The van der Waals surface area contributed by atoms with Crippen molar-refractivity contribution in [3.63, 3.8) is 0 Å². The average molecular weight is 612 g/mol. The van der Waals surface area contributed by atoms with Gasteiger partial charge in [0.2, 0.25) is 8.32 Å². The van der Waals surface area contributed by atoms with Gasteiger partial charge in [-0.1, -0.05) is 56.6 Å². The number of piperidine rings is 1. The number of esters is 2. The van der Waals surface area contributed by atoms with E-state index >= 15 is 0 Å². The fourth-order valence-electron chi connectivity index (χ4n) is 5.15. The molecule has 0 radical (unpaired) electrons. The minimum atomic E-state index is -5.28. The second-order valence-corrected chi connectivity index (χ2v) is 17.6. The summed E-state index contributed by atoms with van der Waals surface area (Å²) in [4.78, 5) is 26.5. The third-order valence-corrected chi connectivity index (χ3v) is 13.3. The lowest BCUT2D eigenvalue weighted by Crippen LogP contribution is -2.46. The first-order chi connectivity index (χ1) is 19.0. The summed E-state index contributed by atoms with van der Waals surface area (Å²) in [6.45, 7) is 12.3. The summed E-state index contributed by atoms with van der Waals surface area (Å²) in [5, 5.41) is 0.285. The van der Waals surface area contributed by atoms with Crippen molar-refractivity contribution in [2.24, 2.45) is 5.92 Å². The molecule has 4 rings (SSSR count). The molecule has 0 amide bonds. The van der Waals surface area contributed by atoms with Crippen LogP contribution in [-0.4, -0.2) is 51.0 Å². The van der Waals surface area contributed by atoms with Crippen molar-refractivity contribution >= 4 is 31.9 Å². The van der Waals surface area contributed by atoms with Gasteiger partial charge in [0, 0.05) is 24.7 Å². The Kier molecular flexibility index (Phi) is 9.00. The fraction of sp³-hybridized carbons (Fsp3) is 0.533. The Morgan fingerprint density at radius 2 is 1.76 bits per heavy atom. The molecule has 1 unspecified atom stereocenters. The van der Waals surface area contributed by atoms with E-state index in [0.717, 1.165) is 11.1 Å². The van der Waals surface area contributed by atoms with Gasteiger partial charge in [-0.3, -0.25) is 4.79 Å². The van der Waals surface area contributed by atoms with Gasteiger partial charge in [-0.15, -0.1) is 0 Å². The SMILES string of the molecule is CC(C)(C)[Si](C)(C)Oc1ccc(Cl)c(CC(CN2CCC3(CC2)OCc2ccccc23)C(=O)OC(=O)C(F)(F)F)c1. The first kappa shape index (κ1) is 31.5. The zero-order valence-corrected chi connectivity index (χ0v) is 25.8. The lowest BCUT2D eigenvalue weighted by molar-refractivity contribution is -0.203. The Morgan fingerprint density at radius 3 is 2.39 bits per heavy atom. The molecule has 2 aromatic carbocycles. The third-order valence-electron chi connectivity index (χ3n) is 8.58. The quantitative estimate of drug-likeness (QED) is 0.190. The van der Waals surface area contributed by atoms with Gasteiger partial charge in [-0.25, -0.2) is 4.79 Å². The van der Waals surface area contributed by atoms with E-state index in [1.165, 1.54) is 0 Å². The number of nitrogens with zero attached hydrogens (tertiary/aromatic N) is 1. The molecule has 0 bridgehead atoms. The highest BCUT2D eigenvalue weighted by Gasteiger charge is 2.45. The molecule has 1 saturated heterocycles. The van der Waals surface area contributed by atoms with Crippen LogP contribution < -0.4 is 4.43 Å². The van der Waals surface area contributed by atoms with E-state index in [1.54, 1.807) is 18.2 Å². The smallest absolute Gasteiger partial charge is 0.491 e. The molecular formula is C30H37ClF3NO5Si. The number of hydrogen-bond donors (Lipinski definition) is 0. The highest BCUT2D eigenvalue weighted by molar-refractivity contribution is 6.74. The van der Waals surface area contributed by atoms with Crippen molar-refractivity contribution in [1.82, 2.24) is 4.90 Å². The van der Waals surface area contributed by atoms with E-state index < -0.39 is 38.0 Å². The molecule has 41 heavy (non-hydrogen) atoms. The van der Waals surface area contributed by atoms with Crippen molar-refractivity contribution < 1.29 is 36.7 Å². The molecule has 6 nitrogen and oxygen atoms in total. The zero-order chi connectivity index (χ0) is 30.2. The zero-order valence-electron chi connectivity index (χ0n) is 24.1. The van der Waals surface area contributed by atoms with E-state index in [9.17, 15) is 22.8 Å². The van der Waals surface area contributed by atoms with Gasteiger partial charge in [-0.2, -0.15) is 13.2 Å². The molecular weight excluding hydrogens is 575 g/mol. The van der Waals surface area contributed by atoms with E-state index in [0.29, 0.717) is 48.9 Å². The molecule has 2 aliphatic rings. The maximum Gasteiger partial charge on any atom is 0.491 e. The summed E-state index contributed by atoms with van der Waals surface area (Å²) in [5.41, 5.74) is 2.44. The summed E-state index contributed by atoms with van der Waals surface area (Å²) in [5.74, 6) is -4.25. The monoisotopic (exact) mass is 611 g/mol. The van der Waals surface area contributed by atoms with Crippen LogP contribution in [0.15, 0.2) is 42.5 Å². The number of hydrogen-bond acceptors (Lipinski definition) is 6. The van der Waals surface area contributed by atoms with E-state index in [2.05, 4.69) is 44.7 Å². The molecule has 2 heterocycles. The molecule has 2 aliphatic heterocycles. The van der Waals surface area contributed by atoms with Gasteiger partial charge in [0.15, 0.2) is 0 Å². The second-order valence-electron chi connectivity index (χ2n) is 12.5. The maximum atomic E-state index is 13.0. The van der Waals surface area contributed by atoms with Crippen LogP contribution in [-0.2, 0) is 37.7 Å². The van der Waals surface area contributed by atoms with Crippen molar-refractivity contribution in [3.8, 4) is 5.75 Å². The fourth-order valence-corrected chi connectivity index (χ4v) is 6.36. The van der Waals surface area contributed by atoms with Gasteiger partial charge < -0.3 is 18.8 Å². The van der Waals surface area contributed by atoms with E-state index in [1.807, 2.05) is 23.1 Å². The predicted octanol–water partition coefficient (Wildman–Crippen LogP) is 7.04. The number of carbonyl (C=O) groups is 2. The molecule has 1 fully saturated rings. The number of rotatable bonds is 7. The Hall–Kier alpha value is -2.40. The maximum absolute atomic E-state index is 13.0. The summed E-state index contributed by atoms with van der Waals surface area (Å²) in [6.07, 6.45) is -3.95. The van der Waals surface area contributed by atoms with Crippen LogP contribution in [0.1, 0.15) is 50.3 Å². The first-order valence-corrected chi connectivity index (χ1v) is 17.0. The molecule has 0 saturated carbocycles. The van der Waals surface area contributed by atoms with Gasteiger partial charge in [0.05, 0.1) is 18.1 Å². The van der Waals surface area contributed by atoms with Gasteiger partial charge >= 0.3 is 18.1 Å². The molecule has 0 aliphatic carbocycles. The molecule has 0 aromatic heterocycles.